The van der Waals surface area contributed by atoms with E-state index in [1.807, 2.05) is 13.2 Å². The van der Waals surface area contributed by atoms with Crippen molar-refractivity contribution in [2.24, 2.45) is 0 Å². The lowest BCUT2D eigenvalue weighted by Crippen LogP contribution is -2.18. The Morgan fingerprint density at radius 2 is 2.22 bits per heavy atom. The van der Waals surface area contributed by atoms with Crippen LogP contribution in [0.15, 0.2) is 22.3 Å². The number of fused-ring (bicyclic) bond motifs is 1. The number of ketones is 1. The maximum Gasteiger partial charge on any atom is 0.203 e. The van der Waals surface area contributed by atoms with Crippen LogP contribution >= 0.6 is 11.8 Å². The Morgan fingerprint density at radius 1 is 1.50 bits per heavy atom. The van der Waals surface area contributed by atoms with Gasteiger partial charge >= 0.3 is 0 Å². The van der Waals surface area contributed by atoms with E-state index in [1.54, 1.807) is 10.8 Å². The van der Waals surface area contributed by atoms with Gasteiger partial charge in [0.1, 0.15) is 5.65 Å². The number of hydrogen-bond acceptors (Lipinski definition) is 5. The molecule has 0 saturated heterocycles. The SMILES string of the molecule is CCn1cc(C(C)=O)c(=O)c2cnc(SC)nc21. The summed E-state index contributed by atoms with van der Waals surface area (Å²) in [6, 6.07) is 0. The summed E-state index contributed by atoms with van der Waals surface area (Å²) in [7, 11) is 0. The molecule has 0 unspecified atom stereocenters. The summed E-state index contributed by atoms with van der Waals surface area (Å²) in [6.45, 7) is 3.97. The van der Waals surface area contributed by atoms with Gasteiger partial charge in [-0.25, -0.2) is 9.97 Å². The first-order valence-corrected chi connectivity index (χ1v) is 6.76. The second-order valence-electron chi connectivity index (χ2n) is 3.81. The molecule has 0 bridgehead atoms. The summed E-state index contributed by atoms with van der Waals surface area (Å²) in [5.74, 6) is -0.238. The molecule has 2 aromatic heterocycles. The smallest absolute Gasteiger partial charge is 0.203 e. The van der Waals surface area contributed by atoms with Crippen molar-refractivity contribution in [3.8, 4) is 0 Å². The van der Waals surface area contributed by atoms with Crippen LogP contribution in [-0.2, 0) is 6.54 Å². The van der Waals surface area contributed by atoms with Crippen LogP contribution in [0.2, 0.25) is 0 Å². The van der Waals surface area contributed by atoms with Gasteiger partial charge in [-0.15, -0.1) is 0 Å². The van der Waals surface area contributed by atoms with E-state index >= 15 is 0 Å². The minimum Gasteiger partial charge on any atom is -0.332 e. The highest BCUT2D eigenvalue weighted by Crippen LogP contribution is 2.14. The number of nitrogens with zero attached hydrogens (tertiary/aromatic N) is 3. The van der Waals surface area contributed by atoms with E-state index < -0.39 is 0 Å². The number of carbonyl (C=O) groups is 1. The van der Waals surface area contributed by atoms with Crippen molar-refractivity contribution in [1.29, 1.82) is 0 Å². The van der Waals surface area contributed by atoms with Crippen LogP contribution in [0.1, 0.15) is 24.2 Å². The Kier molecular flexibility index (Phi) is 3.47. The molecule has 0 aliphatic heterocycles. The van der Waals surface area contributed by atoms with Crippen molar-refractivity contribution in [1.82, 2.24) is 14.5 Å². The topological polar surface area (TPSA) is 64.8 Å². The lowest BCUT2D eigenvalue weighted by Gasteiger charge is -2.09. The Morgan fingerprint density at radius 3 is 2.78 bits per heavy atom. The van der Waals surface area contributed by atoms with Gasteiger partial charge < -0.3 is 4.57 Å². The molecule has 0 atom stereocenters. The van der Waals surface area contributed by atoms with Crippen LogP contribution < -0.4 is 5.43 Å². The number of carbonyl (C=O) groups excluding carboxylic acids is 1. The normalized spacial score (nSPS) is 10.8. The molecule has 0 aliphatic rings. The van der Waals surface area contributed by atoms with Gasteiger partial charge in [-0.3, -0.25) is 9.59 Å². The van der Waals surface area contributed by atoms with Crippen molar-refractivity contribution in [2.75, 3.05) is 6.26 Å². The Hall–Kier alpha value is -1.69. The van der Waals surface area contributed by atoms with E-state index in [0.717, 1.165) is 0 Å². The van der Waals surface area contributed by atoms with E-state index in [4.69, 9.17) is 0 Å². The monoisotopic (exact) mass is 263 g/mol. The number of aryl methyl sites for hydroxylation is 1. The lowest BCUT2D eigenvalue weighted by atomic mass is 10.1. The molecule has 0 fully saturated rings. The Bertz CT molecular complexity index is 679. The number of thioether (sulfide) groups is 1. The summed E-state index contributed by atoms with van der Waals surface area (Å²) in [4.78, 5) is 32.0. The van der Waals surface area contributed by atoms with Gasteiger partial charge in [-0.1, -0.05) is 11.8 Å². The quantitative estimate of drug-likeness (QED) is 0.479. The van der Waals surface area contributed by atoms with Crippen LogP contribution in [0.4, 0.5) is 0 Å². The van der Waals surface area contributed by atoms with E-state index in [2.05, 4.69) is 9.97 Å². The number of aromatic nitrogens is 3. The Labute approximate surface area is 108 Å². The van der Waals surface area contributed by atoms with Crippen molar-refractivity contribution >= 4 is 28.6 Å². The van der Waals surface area contributed by atoms with Crippen molar-refractivity contribution in [2.45, 2.75) is 25.5 Å². The van der Waals surface area contributed by atoms with Crippen LogP contribution in [0, 0.1) is 0 Å². The molecule has 18 heavy (non-hydrogen) atoms. The first-order valence-electron chi connectivity index (χ1n) is 5.53. The first kappa shape index (κ1) is 12.8. The number of Topliss-reactive ketones (excluding diaryl/α,β-unsaturated/α-hetero) is 1. The highest BCUT2D eigenvalue weighted by molar-refractivity contribution is 7.98. The second kappa shape index (κ2) is 4.89. The molecule has 0 spiro atoms. The standard InChI is InChI=1S/C12H13N3O2S/c1-4-15-6-9(7(2)16)10(17)8-5-13-12(18-3)14-11(8)15/h5-6H,4H2,1-3H3. The molecule has 2 aromatic rings. The van der Waals surface area contributed by atoms with Crippen LogP contribution in [-0.4, -0.2) is 26.6 Å². The van der Waals surface area contributed by atoms with Crippen molar-refractivity contribution < 1.29 is 4.79 Å². The van der Waals surface area contributed by atoms with Crippen LogP contribution in [0.25, 0.3) is 11.0 Å². The zero-order chi connectivity index (χ0) is 13.3. The molecule has 0 amide bonds. The predicted octanol–water partition coefficient (Wildman–Crippen LogP) is 1.74. The molecule has 94 valence electrons. The van der Waals surface area contributed by atoms with Gasteiger partial charge in [-0.05, 0) is 20.1 Å². The largest absolute Gasteiger partial charge is 0.332 e. The summed E-state index contributed by atoms with van der Waals surface area (Å²) in [5.41, 5.74) is 0.464. The maximum absolute atomic E-state index is 12.1. The number of pyridine rings is 1. The van der Waals surface area contributed by atoms with Gasteiger partial charge in [0.05, 0.1) is 10.9 Å². The van der Waals surface area contributed by atoms with Gasteiger partial charge in [0.2, 0.25) is 5.43 Å². The molecule has 2 rings (SSSR count). The predicted molar refractivity (Wildman–Crippen MR) is 71.3 cm³/mol. The highest BCUT2D eigenvalue weighted by atomic mass is 32.2. The van der Waals surface area contributed by atoms with E-state index in [0.29, 0.717) is 22.7 Å². The molecule has 0 N–H and O–H groups in total. The zero-order valence-electron chi connectivity index (χ0n) is 10.4. The van der Waals surface area contributed by atoms with Crippen molar-refractivity contribution in [3.05, 3.63) is 28.2 Å². The Balaban J connectivity index is 2.88. The molecule has 5 nitrogen and oxygen atoms in total. The van der Waals surface area contributed by atoms with Gasteiger partial charge in [0.15, 0.2) is 10.9 Å². The molecule has 0 aliphatic carbocycles. The third-order valence-electron chi connectivity index (χ3n) is 2.70. The summed E-state index contributed by atoms with van der Waals surface area (Å²) < 4.78 is 1.80. The number of rotatable bonds is 3. The molecular weight excluding hydrogens is 250 g/mol. The number of hydrogen-bond donors (Lipinski definition) is 0. The van der Waals surface area contributed by atoms with E-state index in [-0.39, 0.29) is 16.8 Å². The third kappa shape index (κ3) is 2.03. The minimum atomic E-state index is -0.296. The average molecular weight is 263 g/mol. The van der Waals surface area contributed by atoms with Gasteiger partial charge in [-0.2, -0.15) is 0 Å². The summed E-state index contributed by atoms with van der Waals surface area (Å²) in [6.07, 6.45) is 4.94. The van der Waals surface area contributed by atoms with Gasteiger partial charge in [0.25, 0.3) is 0 Å². The molecular formula is C12H13N3O2S. The molecule has 0 aromatic carbocycles. The molecule has 0 radical (unpaired) electrons. The molecule has 6 heteroatoms. The highest BCUT2D eigenvalue weighted by Gasteiger charge is 2.13. The third-order valence-corrected chi connectivity index (χ3v) is 3.26. The molecule has 0 saturated carbocycles. The van der Waals surface area contributed by atoms with Crippen LogP contribution in [0.5, 0.6) is 0 Å². The fraction of sp³-hybridized carbons (Fsp3) is 0.333. The second-order valence-corrected chi connectivity index (χ2v) is 4.58. The van der Waals surface area contributed by atoms with Gasteiger partial charge in [0, 0.05) is 18.9 Å². The average Bonchev–Trinajstić information content (AvgIpc) is 2.38. The zero-order valence-corrected chi connectivity index (χ0v) is 11.2. The lowest BCUT2D eigenvalue weighted by molar-refractivity contribution is 0.101. The van der Waals surface area contributed by atoms with Crippen molar-refractivity contribution in [3.63, 3.8) is 0 Å². The maximum atomic E-state index is 12.1. The first-order chi connectivity index (χ1) is 8.58. The van der Waals surface area contributed by atoms with E-state index in [1.165, 1.54) is 24.9 Å². The molecule has 2 heterocycles. The fourth-order valence-corrected chi connectivity index (χ4v) is 2.08. The summed E-state index contributed by atoms with van der Waals surface area (Å²) in [5, 5.41) is 1.00. The summed E-state index contributed by atoms with van der Waals surface area (Å²) >= 11 is 1.41. The minimum absolute atomic E-state index is 0.185. The van der Waals surface area contributed by atoms with Crippen LogP contribution in [0.3, 0.4) is 0 Å². The fourth-order valence-electron chi connectivity index (χ4n) is 1.75. The van der Waals surface area contributed by atoms with E-state index in [9.17, 15) is 9.59 Å².